The molecule has 3 nitrogen and oxygen atoms in total. The fourth-order valence-corrected chi connectivity index (χ4v) is 1.96. The average Bonchev–Trinajstić information content (AvgIpc) is 2.38. The molecular formula is C14H21NO2. The second-order valence-electron chi connectivity index (χ2n) is 4.14. The average molecular weight is 235 g/mol. The molecule has 3 heteroatoms. The Balaban J connectivity index is 2.84. The SMILES string of the molecule is CCCC(CC(=O)NC)c1cccc(OC)c1. The largest absolute Gasteiger partial charge is 0.497 e. The predicted molar refractivity (Wildman–Crippen MR) is 69.3 cm³/mol. The van der Waals surface area contributed by atoms with Gasteiger partial charge in [-0.3, -0.25) is 4.79 Å². The fraction of sp³-hybridized carbons (Fsp3) is 0.500. The van der Waals surface area contributed by atoms with E-state index in [0.29, 0.717) is 6.42 Å². The van der Waals surface area contributed by atoms with Gasteiger partial charge in [0.15, 0.2) is 0 Å². The number of ether oxygens (including phenoxy) is 1. The summed E-state index contributed by atoms with van der Waals surface area (Å²) in [4.78, 5) is 11.5. The van der Waals surface area contributed by atoms with Crippen molar-refractivity contribution in [1.82, 2.24) is 5.32 Å². The lowest BCUT2D eigenvalue weighted by molar-refractivity contribution is -0.121. The molecular weight excluding hydrogens is 214 g/mol. The highest BCUT2D eigenvalue weighted by atomic mass is 16.5. The van der Waals surface area contributed by atoms with E-state index in [4.69, 9.17) is 4.74 Å². The molecule has 1 unspecified atom stereocenters. The van der Waals surface area contributed by atoms with Crippen LogP contribution in [0.1, 0.15) is 37.7 Å². The Morgan fingerprint density at radius 1 is 1.47 bits per heavy atom. The Kier molecular flexibility index (Phi) is 5.53. The van der Waals surface area contributed by atoms with E-state index in [9.17, 15) is 4.79 Å². The van der Waals surface area contributed by atoms with Crippen LogP contribution in [0.15, 0.2) is 24.3 Å². The number of hydrogen-bond donors (Lipinski definition) is 1. The summed E-state index contributed by atoms with van der Waals surface area (Å²) in [5, 5.41) is 2.68. The maximum atomic E-state index is 11.5. The third kappa shape index (κ3) is 4.10. The van der Waals surface area contributed by atoms with Crippen molar-refractivity contribution in [3.05, 3.63) is 29.8 Å². The van der Waals surface area contributed by atoms with Crippen molar-refractivity contribution in [2.24, 2.45) is 0 Å². The molecule has 1 amide bonds. The van der Waals surface area contributed by atoms with E-state index in [0.717, 1.165) is 18.6 Å². The second kappa shape index (κ2) is 6.94. The summed E-state index contributed by atoms with van der Waals surface area (Å²) in [5.74, 6) is 1.21. The van der Waals surface area contributed by atoms with Crippen molar-refractivity contribution < 1.29 is 9.53 Å². The van der Waals surface area contributed by atoms with Gasteiger partial charge in [-0.25, -0.2) is 0 Å². The lowest BCUT2D eigenvalue weighted by atomic mass is 9.91. The molecule has 0 aliphatic carbocycles. The first-order chi connectivity index (χ1) is 8.21. The molecule has 0 saturated carbocycles. The monoisotopic (exact) mass is 235 g/mol. The minimum atomic E-state index is 0.0891. The molecule has 0 bridgehead atoms. The zero-order chi connectivity index (χ0) is 12.7. The molecule has 94 valence electrons. The zero-order valence-electron chi connectivity index (χ0n) is 10.8. The van der Waals surface area contributed by atoms with Gasteiger partial charge in [0, 0.05) is 13.5 Å². The Labute approximate surface area is 103 Å². The van der Waals surface area contributed by atoms with Gasteiger partial charge in [-0.2, -0.15) is 0 Å². The Morgan fingerprint density at radius 2 is 2.24 bits per heavy atom. The van der Waals surface area contributed by atoms with Crippen molar-refractivity contribution >= 4 is 5.91 Å². The molecule has 0 fully saturated rings. The molecule has 0 aliphatic rings. The topological polar surface area (TPSA) is 38.3 Å². The number of carbonyl (C=O) groups is 1. The summed E-state index contributed by atoms with van der Waals surface area (Å²) < 4.78 is 5.21. The molecule has 0 spiro atoms. The smallest absolute Gasteiger partial charge is 0.220 e. The maximum absolute atomic E-state index is 11.5. The summed E-state index contributed by atoms with van der Waals surface area (Å²) in [6.45, 7) is 2.14. The van der Waals surface area contributed by atoms with Crippen LogP contribution in [0, 0.1) is 0 Å². The molecule has 1 rings (SSSR count). The highest BCUT2D eigenvalue weighted by Crippen LogP contribution is 2.27. The van der Waals surface area contributed by atoms with E-state index in [-0.39, 0.29) is 11.8 Å². The van der Waals surface area contributed by atoms with Gasteiger partial charge in [-0.1, -0.05) is 25.5 Å². The van der Waals surface area contributed by atoms with Crippen LogP contribution < -0.4 is 10.1 Å². The minimum absolute atomic E-state index is 0.0891. The fourth-order valence-electron chi connectivity index (χ4n) is 1.96. The van der Waals surface area contributed by atoms with Gasteiger partial charge in [-0.05, 0) is 30.0 Å². The quantitative estimate of drug-likeness (QED) is 0.823. The van der Waals surface area contributed by atoms with E-state index in [2.05, 4.69) is 18.3 Å². The van der Waals surface area contributed by atoms with E-state index in [1.54, 1.807) is 14.2 Å². The molecule has 1 aromatic rings. The van der Waals surface area contributed by atoms with Crippen molar-refractivity contribution in [1.29, 1.82) is 0 Å². The first-order valence-corrected chi connectivity index (χ1v) is 6.05. The Hall–Kier alpha value is -1.51. The van der Waals surface area contributed by atoms with E-state index < -0.39 is 0 Å². The molecule has 1 atom stereocenters. The number of benzene rings is 1. The minimum Gasteiger partial charge on any atom is -0.497 e. The highest BCUT2D eigenvalue weighted by molar-refractivity contribution is 5.76. The van der Waals surface area contributed by atoms with Gasteiger partial charge >= 0.3 is 0 Å². The molecule has 0 radical (unpaired) electrons. The van der Waals surface area contributed by atoms with Crippen molar-refractivity contribution in [2.45, 2.75) is 32.1 Å². The predicted octanol–water partition coefficient (Wildman–Crippen LogP) is 2.72. The van der Waals surface area contributed by atoms with Crippen molar-refractivity contribution in [3.8, 4) is 5.75 Å². The first kappa shape index (κ1) is 13.6. The molecule has 1 N–H and O–H groups in total. The molecule has 17 heavy (non-hydrogen) atoms. The molecule has 0 heterocycles. The summed E-state index contributed by atoms with van der Waals surface area (Å²) in [5.41, 5.74) is 1.18. The van der Waals surface area contributed by atoms with Crippen LogP contribution in [-0.2, 0) is 4.79 Å². The maximum Gasteiger partial charge on any atom is 0.220 e. The van der Waals surface area contributed by atoms with Gasteiger partial charge in [0.1, 0.15) is 5.75 Å². The Morgan fingerprint density at radius 3 is 2.82 bits per heavy atom. The second-order valence-corrected chi connectivity index (χ2v) is 4.14. The summed E-state index contributed by atoms with van der Waals surface area (Å²) in [7, 11) is 3.34. The number of amides is 1. The van der Waals surface area contributed by atoms with Gasteiger partial charge < -0.3 is 10.1 Å². The number of methoxy groups -OCH3 is 1. The van der Waals surface area contributed by atoms with Gasteiger partial charge in [0.2, 0.25) is 5.91 Å². The lowest BCUT2D eigenvalue weighted by Crippen LogP contribution is -2.20. The van der Waals surface area contributed by atoms with E-state index >= 15 is 0 Å². The molecule has 0 aromatic heterocycles. The van der Waals surface area contributed by atoms with Gasteiger partial charge in [-0.15, -0.1) is 0 Å². The van der Waals surface area contributed by atoms with E-state index in [1.807, 2.05) is 18.2 Å². The molecule has 1 aromatic carbocycles. The van der Waals surface area contributed by atoms with Crippen LogP contribution in [0.25, 0.3) is 0 Å². The van der Waals surface area contributed by atoms with Crippen LogP contribution in [-0.4, -0.2) is 20.1 Å². The number of nitrogens with one attached hydrogen (secondary N) is 1. The summed E-state index contributed by atoms with van der Waals surface area (Å²) in [6.07, 6.45) is 2.62. The van der Waals surface area contributed by atoms with Crippen LogP contribution in [0.4, 0.5) is 0 Å². The number of carbonyl (C=O) groups excluding carboxylic acids is 1. The van der Waals surface area contributed by atoms with Crippen molar-refractivity contribution in [2.75, 3.05) is 14.2 Å². The summed E-state index contributed by atoms with van der Waals surface area (Å²) >= 11 is 0. The molecule has 0 saturated heterocycles. The molecule has 0 aliphatic heterocycles. The van der Waals surface area contributed by atoms with Crippen LogP contribution in [0.2, 0.25) is 0 Å². The van der Waals surface area contributed by atoms with Crippen LogP contribution >= 0.6 is 0 Å². The van der Waals surface area contributed by atoms with Crippen LogP contribution in [0.5, 0.6) is 5.75 Å². The van der Waals surface area contributed by atoms with E-state index in [1.165, 1.54) is 5.56 Å². The van der Waals surface area contributed by atoms with Gasteiger partial charge in [0.25, 0.3) is 0 Å². The van der Waals surface area contributed by atoms with Crippen molar-refractivity contribution in [3.63, 3.8) is 0 Å². The highest BCUT2D eigenvalue weighted by Gasteiger charge is 2.15. The summed E-state index contributed by atoms with van der Waals surface area (Å²) in [6, 6.07) is 7.97. The van der Waals surface area contributed by atoms with Gasteiger partial charge in [0.05, 0.1) is 7.11 Å². The zero-order valence-corrected chi connectivity index (χ0v) is 10.8. The third-order valence-corrected chi connectivity index (χ3v) is 2.91. The number of hydrogen-bond acceptors (Lipinski definition) is 2. The number of rotatable bonds is 6. The standard InChI is InChI=1S/C14H21NO2/c1-4-6-11(10-14(16)15-2)12-7-5-8-13(9-12)17-3/h5,7-9,11H,4,6,10H2,1-3H3,(H,15,16). The first-order valence-electron chi connectivity index (χ1n) is 6.05. The van der Waals surface area contributed by atoms with Crippen LogP contribution in [0.3, 0.4) is 0 Å². The normalized spacial score (nSPS) is 11.9. The lowest BCUT2D eigenvalue weighted by Gasteiger charge is -2.16. The third-order valence-electron chi connectivity index (χ3n) is 2.91. The Bertz CT molecular complexity index is 363.